The van der Waals surface area contributed by atoms with E-state index in [2.05, 4.69) is 0 Å². The summed E-state index contributed by atoms with van der Waals surface area (Å²) in [5, 5.41) is 0.593. The van der Waals surface area contributed by atoms with Crippen LogP contribution >= 0.6 is 11.6 Å². The highest BCUT2D eigenvalue weighted by molar-refractivity contribution is 6.30. The minimum atomic E-state index is -0.409. The van der Waals surface area contributed by atoms with E-state index in [1.807, 2.05) is 5.43 Å². The fourth-order valence-corrected chi connectivity index (χ4v) is 1.55. The van der Waals surface area contributed by atoms with Crippen LogP contribution in [0.15, 0.2) is 41.0 Å². The number of hydrogen-bond acceptors (Lipinski definition) is 4. The first kappa shape index (κ1) is 12.5. The highest BCUT2D eigenvalue weighted by Crippen LogP contribution is 2.19. The molecule has 1 heterocycles. The van der Waals surface area contributed by atoms with E-state index < -0.39 is 5.91 Å². The standard InChI is InChI=1S/C12H11ClN2O3/c13-9-2-1-3-10(5-9)18-7-11-4-8(6-17-11)12(16)15-14/h1-6H,7,14H2,(H,15,16). The third-order valence-electron chi connectivity index (χ3n) is 2.22. The number of furan rings is 1. The van der Waals surface area contributed by atoms with Crippen LogP contribution in [0.1, 0.15) is 16.1 Å². The van der Waals surface area contributed by atoms with Crippen LogP contribution in [-0.2, 0) is 6.61 Å². The van der Waals surface area contributed by atoms with Crippen LogP contribution in [0.5, 0.6) is 5.75 Å². The molecule has 0 radical (unpaired) electrons. The van der Waals surface area contributed by atoms with Gasteiger partial charge in [-0.1, -0.05) is 17.7 Å². The summed E-state index contributed by atoms with van der Waals surface area (Å²) in [6.45, 7) is 0.207. The predicted molar refractivity (Wildman–Crippen MR) is 66.1 cm³/mol. The van der Waals surface area contributed by atoms with E-state index in [1.54, 1.807) is 30.3 Å². The molecule has 0 aliphatic rings. The summed E-state index contributed by atoms with van der Waals surface area (Å²) in [4.78, 5) is 11.2. The van der Waals surface area contributed by atoms with Crippen LogP contribution in [0.2, 0.25) is 5.02 Å². The molecule has 0 bridgehead atoms. The molecular weight excluding hydrogens is 256 g/mol. The lowest BCUT2D eigenvalue weighted by atomic mass is 10.3. The maximum Gasteiger partial charge on any atom is 0.268 e. The van der Waals surface area contributed by atoms with Gasteiger partial charge in [0.1, 0.15) is 24.4 Å². The second-order valence-corrected chi connectivity index (χ2v) is 3.96. The molecule has 0 unspecified atom stereocenters. The molecule has 1 aromatic heterocycles. The number of benzene rings is 1. The van der Waals surface area contributed by atoms with Crippen LogP contribution in [-0.4, -0.2) is 5.91 Å². The Kier molecular flexibility index (Phi) is 3.86. The Morgan fingerprint density at radius 3 is 3.00 bits per heavy atom. The minimum Gasteiger partial charge on any atom is -0.486 e. The van der Waals surface area contributed by atoms with Crippen LogP contribution in [0.4, 0.5) is 0 Å². The van der Waals surface area contributed by atoms with Crippen molar-refractivity contribution in [3.63, 3.8) is 0 Å². The van der Waals surface area contributed by atoms with Crippen LogP contribution in [0.25, 0.3) is 0 Å². The van der Waals surface area contributed by atoms with Gasteiger partial charge in [-0.05, 0) is 24.3 Å². The summed E-state index contributed by atoms with van der Waals surface area (Å²) >= 11 is 5.82. The SMILES string of the molecule is NNC(=O)c1coc(COc2cccc(Cl)c2)c1. The van der Waals surface area contributed by atoms with Gasteiger partial charge in [0.2, 0.25) is 0 Å². The van der Waals surface area contributed by atoms with Gasteiger partial charge < -0.3 is 9.15 Å². The van der Waals surface area contributed by atoms with Crippen molar-refractivity contribution in [2.24, 2.45) is 5.84 Å². The highest BCUT2D eigenvalue weighted by Gasteiger charge is 2.09. The molecule has 1 aromatic carbocycles. The summed E-state index contributed by atoms with van der Waals surface area (Å²) in [5.41, 5.74) is 2.37. The zero-order valence-corrected chi connectivity index (χ0v) is 10.1. The molecular formula is C12H11ClN2O3. The Balaban J connectivity index is 1.98. The lowest BCUT2D eigenvalue weighted by molar-refractivity contribution is 0.0953. The van der Waals surface area contributed by atoms with Crippen LogP contribution in [0, 0.1) is 0 Å². The molecule has 5 nitrogen and oxygen atoms in total. The van der Waals surface area contributed by atoms with Crippen molar-refractivity contribution >= 4 is 17.5 Å². The summed E-state index contributed by atoms with van der Waals surface area (Å²) < 4.78 is 10.6. The van der Waals surface area contributed by atoms with Gasteiger partial charge in [-0.15, -0.1) is 0 Å². The number of nitrogens with one attached hydrogen (secondary N) is 1. The van der Waals surface area contributed by atoms with Gasteiger partial charge in [0, 0.05) is 5.02 Å². The molecule has 0 saturated heterocycles. The first-order chi connectivity index (χ1) is 8.69. The third kappa shape index (κ3) is 3.03. The van der Waals surface area contributed by atoms with Crippen LogP contribution in [0.3, 0.4) is 0 Å². The summed E-state index contributed by atoms with van der Waals surface area (Å²) in [6.07, 6.45) is 1.32. The van der Waals surface area contributed by atoms with Crippen molar-refractivity contribution in [2.75, 3.05) is 0 Å². The van der Waals surface area contributed by atoms with Gasteiger partial charge in [0.25, 0.3) is 5.91 Å². The zero-order chi connectivity index (χ0) is 13.0. The fourth-order valence-electron chi connectivity index (χ4n) is 1.37. The quantitative estimate of drug-likeness (QED) is 0.505. The zero-order valence-electron chi connectivity index (χ0n) is 9.35. The topological polar surface area (TPSA) is 77.5 Å². The number of ether oxygens (including phenoxy) is 1. The van der Waals surface area contributed by atoms with E-state index in [0.717, 1.165) is 0 Å². The Morgan fingerprint density at radius 2 is 2.28 bits per heavy atom. The van der Waals surface area contributed by atoms with E-state index in [9.17, 15) is 4.79 Å². The first-order valence-electron chi connectivity index (χ1n) is 5.16. The number of amides is 1. The number of hydrogen-bond donors (Lipinski definition) is 2. The third-order valence-corrected chi connectivity index (χ3v) is 2.46. The predicted octanol–water partition coefficient (Wildman–Crippen LogP) is 2.12. The Labute approximate surface area is 108 Å². The molecule has 2 aromatic rings. The maximum absolute atomic E-state index is 11.2. The van der Waals surface area contributed by atoms with Gasteiger partial charge in [-0.25, -0.2) is 5.84 Å². The largest absolute Gasteiger partial charge is 0.486 e. The van der Waals surface area contributed by atoms with Crippen molar-refractivity contribution in [2.45, 2.75) is 6.61 Å². The minimum absolute atomic E-state index is 0.207. The van der Waals surface area contributed by atoms with Gasteiger partial charge in [-0.3, -0.25) is 10.2 Å². The molecule has 0 atom stereocenters. The van der Waals surface area contributed by atoms with Crippen molar-refractivity contribution in [1.29, 1.82) is 0 Å². The monoisotopic (exact) mass is 266 g/mol. The van der Waals surface area contributed by atoms with Crippen molar-refractivity contribution in [1.82, 2.24) is 5.43 Å². The Hall–Kier alpha value is -1.98. The average molecular weight is 267 g/mol. The molecule has 0 spiro atoms. The number of halogens is 1. The van der Waals surface area contributed by atoms with E-state index in [0.29, 0.717) is 22.1 Å². The van der Waals surface area contributed by atoms with Gasteiger partial charge in [-0.2, -0.15) is 0 Å². The molecule has 94 valence electrons. The summed E-state index contributed by atoms with van der Waals surface area (Å²) in [7, 11) is 0. The molecule has 3 N–H and O–H groups in total. The molecule has 0 saturated carbocycles. The maximum atomic E-state index is 11.2. The van der Waals surface area contributed by atoms with Crippen molar-refractivity contribution < 1.29 is 13.9 Å². The molecule has 0 aliphatic heterocycles. The van der Waals surface area contributed by atoms with Crippen molar-refractivity contribution in [3.05, 3.63) is 52.9 Å². The lowest BCUT2D eigenvalue weighted by Gasteiger charge is -2.03. The number of hydrazine groups is 1. The smallest absolute Gasteiger partial charge is 0.268 e. The normalized spacial score (nSPS) is 10.1. The first-order valence-corrected chi connectivity index (χ1v) is 5.53. The van der Waals surface area contributed by atoms with E-state index in [4.69, 9.17) is 26.6 Å². The summed E-state index contributed by atoms with van der Waals surface area (Å²) in [6, 6.07) is 8.57. The number of carbonyl (C=O) groups is 1. The molecule has 1 amide bonds. The highest BCUT2D eigenvalue weighted by atomic mass is 35.5. The van der Waals surface area contributed by atoms with Gasteiger partial charge in [0.15, 0.2) is 0 Å². The number of nitrogen functional groups attached to an aromatic ring is 1. The Morgan fingerprint density at radius 1 is 1.44 bits per heavy atom. The average Bonchev–Trinajstić information content (AvgIpc) is 2.84. The number of carbonyl (C=O) groups excluding carboxylic acids is 1. The number of rotatable bonds is 4. The molecule has 18 heavy (non-hydrogen) atoms. The molecule has 0 aliphatic carbocycles. The summed E-state index contributed by atoms with van der Waals surface area (Å²) in [5.74, 6) is 5.75. The van der Waals surface area contributed by atoms with E-state index in [1.165, 1.54) is 6.26 Å². The van der Waals surface area contributed by atoms with Gasteiger partial charge >= 0.3 is 0 Å². The second-order valence-electron chi connectivity index (χ2n) is 3.52. The lowest BCUT2D eigenvalue weighted by Crippen LogP contribution is -2.29. The van der Waals surface area contributed by atoms with E-state index >= 15 is 0 Å². The van der Waals surface area contributed by atoms with Crippen LogP contribution < -0.4 is 16.0 Å². The van der Waals surface area contributed by atoms with Gasteiger partial charge in [0.05, 0.1) is 5.56 Å². The molecule has 0 fully saturated rings. The molecule has 2 rings (SSSR count). The van der Waals surface area contributed by atoms with Crippen molar-refractivity contribution in [3.8, 4) is 5.75 Å². The number of nitrogens with two attached hydrogens (primary N) is 1. The Bertz CT molecular complexity index is 554. The molecule has 6 heteroatoms. The fraction of sp³-hybridized carbons (Fsp3) is 0.0833. The van der Waals surface area contributed by atoms with E-state index in [-0.39, 0.29) is 6.61 Å². The second kappa shape index (κ2) is 5.57.